The second-order valence-corrected chi connectivity index (χ2v) is 5.27. The number of aliphatic carboxylic acids is 1. The molecule has 108 valence electrons. The van der Waals surface area contributed by atoms with Crippen LogP contribution in [0.2, 0.25) is 0 Å². The van der Waals surface area contributed by atoms with E-state index in [1.165, 1.54) is 0 Å². The molecule has 2 rings (SSSR count). The predicted molar refractivity (Wildman–Crippen MR) is 83.5 cm³/mol. The monoisotopic (exact) mass is 301 g/mol. The summed E-state index contributed by atoms with van der Waals surface area (Å²) in [5.41, 5.74) is 1.86. The Kier molecular flexibility index (Phi) is 5.40. The predicted octanol–water partition coefficient (Wildman–Crippen LogP) is 3.48. The van der Waals surface area contributed by atoms with Crippen molar-refractivity contribution in [3.63, 3.8) is 0 Å². The van der Waals surface area contributed by atoms with E-state index < -0.39 is 5.97 Å². The zero-order chi connectivity index (χ0) is 15.1. The summed E-state index contributed by atoms with van der Waals surface area (Å²) >= 11 is 1.70. The molecule has 0 unspecified atom stereocenters. The second kappa shape index (κ2) is 7.50. The van der Waals surface area contributed by atoms with Gasteiger partial charge in [0.25, 0.3) is 0 Å². The number of methoxy groups -OCH3 is 1. The number of carboxylic acids is 1. The maximum absolute atomic E-state index is 10.6. The molecule has 0 aliphatic heterocycles. The second-order valence-electron chi connectivity index (χ2n) is 4.22. The maximum Gasteiger partial charge on any atom is 0.328 e. The Morgan fingerprint density at radius 1 is 1.33 bits per heavy atom. The maximum atomic E-state index is 10.6. The fourth-order valence-electron chi connectivity index (χ4n) is 1.77. The van der Waals surface area contributed by atoms with Gasteiger partial charge in [-0.05, 0) is 35.9 Å². The Labute approximate surface area is 127 Å². The van der Waals surface area contributed by atoms with Gasteiger partial charge in [0.1, 0.15) is 5.75 Å². The van der Waals surface area contributed by atoms with Crippen LogP contribution in [0.3, 0.4) is 0 Å². The number of rotatable bonds is 6. The first-order chi connectivity index (χ1) is 10.2. The van der Waals surface area contributed by atoms with Crippen LogP contribution in [0.5, 0.6) is 5.75 Å². The summed E-state index contributed by atoms with van der Waals surface area (Å²) in [5, 5.41) is 8.72. The highest BCUT2D eigenvalue weighted by Crippen LogP contribution is 2.26. The number of aromatic nitrogens is 1. The fourth-order valence-corrected chi connectivity index (χ4v) is 2.59. The SMILES string of the molecule is COc1ccc(CSc2ccncc2)cc1/C=C/C(=O)O. The summed E-state index contributed by atoms with van der Waals surface area (Å²) in [6.07, 6.45) is 6.17. The van der Waals surface area contributed by atoms with Crippen LogP contribution in [-0.4, -0.2) is 23.2 Å². The molecule has 2 aromatic rings. The van der Waals surface area contributed by atoms with Gasteiger partial charge in [-0.15, -0.1) is 11.8 Å². The van der Waals surface area contributed by atoms with Crippen LogP contribution in [0.25, 0.3) is 6.08 Å². The molecule has 0 radical (unpaired) electrons. The molecule has 1 aromatic heterocycles. The van der Waals surface area contributed by atoms with Crippen molar-refractivity contribution in [2.75, 3.05) is 7.11 Å². The highest BCUT2D eigenvalue weighted by atomic mass is 32.2. The molecule has 0 aliphatic carbocycles. The van der Waals surface area contributed by atoms with E-state index in [-0.39, 0.29) is 0 Å². The van der Waals surface area contributed by atoms with Crippen LogP contribution in [0.1, 0.15) is 11.1 Å². The number of pyridine rings is 1. The third-order valence-electron chi connectivity index (χ3n) is 2.75. The van der Waals surface area contributed by atoms with Crippen molar-refractivity contribution in [2.24, 2.45) is 0 Å². The third kappa shape index (κ3) is 4.65. The van der Waals surface area contributed by atoms with Crippen LogP contribution >= 0.6 is 11.8 Å². The van der Waals surface area contributed by atoms with Crippen molar-refractivity contribution in [1.29, 1.82) is 0 Å². The Morgan fingerprint density at radius 2 is 2.10 bits per heavy atom. The van der Waals surface area contributed by atoms with E-state index in [0.717, 1.165) is 27.9 Å². The van der Waals surface area contributed by atoms with Gasteiger partial charge in [0.05, 0.1) is 7.11 Å². The molecule has 1 heterocycles. The van der Waals surface area contributed by atoms with Crippen LogP contribution in [0.4, 0.5) is 0 Å². The minimum atomic E-state index is -0.978. The van der Waals surface area contributed by atoms with E-state index in [0.29, 0.717) is 5.75 Å². The van der Waals surface area contributed by atoms with Gasteiger partial charge >= 0.3 is 5.97 Å². The van der Waals surface area contributed by atoms with Crippen LogP contribution < -0.4 is 4.74 Å². The Bertz CT molecular complexity index is 641. The Morgan fingerprint density at radius 3 is 2.76 bits per heavy atom. The molecular formula is C16H15NO3S. The quantitative estimate of drug-likeness (QED) is 0.654. The summed E-state index contributed by atoms with van der Waals surface area (Å²) in [7, 11) is 1.57. The van der Waals surface area contributed by atoms with Gasteiger partial charge in [-0.3, -0.25) is 4.98 Å². The van der Waals surface area contributed by atoms with Gasteiger partial charge in [-0.25, -0.2) is 4.79 Å². The number of thioether (sulfide) groups is 1. The van der Waals surface area contributed by atoms with Crippen LogP contribution in [0, 0.1) is 0 Å². The van der Waals surface area contributed by atoms with Gasteiger partial charge in [-0.2, -0.15) is 0 Å². The number of hydrogen-bond acceptors (Lipinski definition) is 4. The lowest BCUT2D eigenvalue weighted by Gasteiger charge is -2.08. The molecule has 1 aromatic carbocycles. The molecule has 1 N–H and O–H groups in total. The molecule has 0 aliphatic rings. The molecule has 5 heteroatoms. The number of nitrogens with zero attached hydrogens (tertiary/aromatic N) is 1. The van der Waals surface area contributed by atoms with Crippen molar-refractivity contribution in [1.82, 2.24) is 4.98 Å². The number of benzene rings is 1. The molecule has 0 spiro atoms. The molecule has 0 fully saturated rings. The lowest BCUT2D eigenvalue weighted by atomic mass is 10.1. The normalized spacial score (nSPS) is 10.7. The topological polar surface area (TPSA) is 59.4 Å². The molecule has 0 saturated heterocycles. The zero-order valence-electron chi connectivity index (χ0n) is 11.5. The van der Waals surface area contributed by atoms with Crippen molar-refractivity contribution in [3.05, 3.63) is 59.9 Å². The van der Waals surface area contributed by atoms with Gasteiger partial charge < -0.3 is 9.84 Å². The molecule has 21 heavy (non-hydrogen) atoms. The average molecular weight is 301 g/mol. The van der Waals surface area contributed by atoms with Gasteiger partial charge in [-0.1, -0.05) is 6.07 Å². The molecule has 0 atom stereocenters. The first-order valence-corrected chi connectivity index (χ1v) is 7.28. The van der Waals surface area contributed by atoms with Gasteiger partial charge in [0.15, 0.2) is 0 Å². The summed E-state index contributed by atoms with van der Waals surface area (Å²) in [6, 6.07) is 9.68. The number of ether oxygens (including phenoxy) is 1. The number of carboxylic acid groups (broad SMARTS) is 1. The summed E-state index contributed by atoms with van der Waals surface area (Å²) < 4.78 is 5.24. The van der Waals surface area contributed by atoms with Gasteiger partial charge in [0.2, 0.25) is 0 Å². The molecule has 4 nitrogen and oxygen atoms in total. The number of hydrogen-bond donors (Lipinski definition) is 1. The lowest BCUT2D eigenvalue weighted by Crippen LogP contribution is -1.91. The van der Waals surface area contributed by atoms with Crippen molar-refractivity contribution < 1.29 is 14.6 Å². The summed E-state index contributed by atoms with van der Waals surface area (Å²) in [4.78, 5) is 15.8. The fraction of sp³-hybridized carbons (Fsp3) is 0.125. The van der Waals surface area contributed by atoms with Gasteiger partial charge in [0, 0.05) is 34.7 Å². The van der Waals surface area contributed by atoms with Crippen molar-refractivity contribution in [3.8, 4) is 5.75 Å². The van der Waals surface area contributed by atoms with Crippen molar-refractivity contribution in [2.45, 2.75) is 10.6 Å². The van der Waals surface area contributed by atoms with E-state index >= 15 is 0 Å². The molecule has 0 bridgehead atoms. The van der Waals surface area contributed by atoms with E-state index in [2.05, 4.69) is 4.98 Å². The summed E-state index contributed by atoms with van der Waals surface area (Å²) in [5.74, 6) is 0.473. The minimum Gasteiger partial charge on any atom is -0.496 e. The minimum absolute atomic E-state index is 0.658. The highest BCUT2D eigenvalue weighted by Gasteiger charge is 2.03. The highest BCUT2D eigenvalue weighted by molar-refractivity contribution is 7.98. The van der Waals surface area contributed by atoms with E-state index in [4.69, 9.17) is 9.84 Å². The Hall–Kier alpha value is -2.27. The largest absolute Gasteiger partial charge is 0.496 e. The Balaban J connectivity index is 2.13. The lowest BCUT2D eigenvalue weighted by molar-refractivity contribution is -0.131. The van der Waals surface area contributed by atoms with Crippen LogP contribution in [-0.2, 0) is 10.5 Å². The first kappa shape index (κ1) is 15.1. The van der Waals surface area contributed by atoms with E-state index in [9.17, 15) is 4.79 Å². The standard InChI is InChI=1S/C16H15NO3S/c1-20-15-4-2-12(10-13(15)3-5-16(18)19)11-21-14-6-8-17-9-7-14/h2-10H,11H2,1H3,(H,18,19)/b5-3+. The smallest absolute Gasteiger partial charge is 0.328 e. The van der Waals surface area contributed by atoms with Crippen molar-refractivity contribution >= 4 is 23.8 Å². The molecule has 0 saturated carbocycles. The van der Waals surface area contributed by atoms with E-state index in [1.807, 2.05) is 30.3 Å². The summed E-state index contributed by atoms with van der Waals surface area (Å²) in [6.45, 7) is 0. The molecule has 0 amide bonds. The van der Waals surface area contributed by atoms with E-state index in [1.54, 1.807) is 37.3 Å². The van der Waals surface area contributed by atoms with Crippen LogP contribution in [0.15, 0.2) is 53.7 Å². The first-order valence-electron chi connectivity index (χ1n) is 6.30. The average Bonchev–Trinajstić information content (AvgIpc) is 2.52. The number of carbonyl (C=O) groups is 1. The zero-order valence-corrected chi connectivity index (χ0v) is 12.3. The third-order valence-corrected chi connectivity index (χ3v) is 3.84. The molecular weight excluding hydrogens is 286 g/mol.